The van der Waals surface area contributed by atoms with Crippen molar-refractivity contribution in [2.75, 3.05) is 13.1 Å². The number of nitro benzene ring substituents is 1. The first-order valence-corrected chi connectivity index (χ1v) is 13.5. The number of hydrogen-bond donors (Lipinski definition) is 0. The van der Waals surface area contributed by atoms with Crippen LogP contribution in [0, 0.1) is 10.1 Å². The highest BCUT2D eigenvalue weighted by molar-refractivity contribution is 7.89. The van der Waals surface area contributed by atoms with E-state index in [0.717, 1.165) is 33.5 Å². The lowest BCUT2D eigenvalue weighted by molar-refractivity contribution is -0.387. The maximum Gasteiger partial charge on any atom is 0.573 e. The van der Waals surface area contributed by atoms with E-state index in [2.05, 4.69) is 4.74 Å². The maximum absolute atomic E-state index is 13.5. The number of hydrogen-bond acceptors (Lipinski definition) is 8. The van der Waals surface area contributed by atoms with Gasteiger partial charge in [-0.25, -0.2) is 13.2 Å². The Kier molecular flexibility index (Phi) is 8.79. The third kappa shape index (κ3) is 7.27. The first kappa shape index (κ1) is 30.8. The quantitative estimate of drug-likeness (QED) is 0.259. The Balaban J connectivity index is 1.90. The number of nitro groups is 1. The zero-order valence-electron chi connectivity index (χ0n) is 22.0. The normalized spacial score (nSPS) is 17.8. The Morgan fingerprint density at radius 3 is 2.25 bits per heavy atom. The second kappa shape index (κ2) is 11.4. The minimum Gasteiger partial charge on any atom is -0.458 e. The van der Waals surface area contributed by atoms with Crippen LogP contribution in [0.2, 0.25) is 0 Å². The van der Waals surface area contributed by atoms with Crippen LogP contribution in [0.1, 0.15) is 33.3 Å². The molecule has 1 aliphatic heterocycles. The molecule has 2 atom stereocenters. The van der Waals surface area contributed by atoms with Crippen molar-refractivity contribution in [2.24, 2.45) is 0 Å². The molecule has 0 aliphatic carbocycles. The van der Waals surface area contributed by atoms with E-state index in [1.165, 1.54) is 31.2 Å². The average Bonchev–Trinajstić information content (AvgIpc) is 2.83. The first-order chi connectivity index (χ1) is 18.4. The van der Waals surface area contributed by atoms with Crippen molar-refractivity contribution >= 4 is 27.6 Å². The fourth-order valence-corrected chi connectivity index (χ4v) is 5.94. The van der Waals surface area contributed by atoms with Crippen LogP contribution in [0.25, 0.3) is 0 Å². The van der Waals surface area contributed by atoms with Crippen LogP contribution in [0.3, 0.4) is 0 Å². The molecular formula is C25H28F3N3O8S. The molecule has 15 heteroatoms. The number of sulfonamides is 1. The van der Waals surface area contributed by atoms with E-state index >= 15 is 0 Å². The lowest BCUT2D eigenvalue weighted by Gasteiger charge is -2.41. The highest BCUT2D eigenvalue weighted by Crippen LogP contribution is 2.30. The Hall–Kier alpha value is -3.72. The van der Waals surface area contributed by atoms with Gasteiger partial charge in [0.25, 0.3) is 15.7 Å². The SMILES string of the molecule is C[C@H]1C(=O)N([C@@H](Cc2ccc(OC(F)(F)F)cc2)C(=O)OC(C)(C)C)CCN1S(=O)(=O)c1ccccc1[N+](=O)[O-]. The van der Waals surface area contributed by atoms with Gasteiger partial charge in [0.2, 0.25) is 5.91 Å². The molecule has 0 radical (unpaired) electrons. The maximum atomic E-state index is 13.5. The van der Waals surface area contributed by atoms with Gasteiger partial charge in [-0.05, 0) is 51.5 Å². The number of rotatable bonds is 8. The summed E-state index contributed by atoms with van der Waals surface area (Å²) in [5, 5.41) is 11.4. The predicted octanol–water partition coefficient (Wildman–Crippen LogP) is 3.67. The second-order valence-corrected chi connectivity index (χ2v) is 11.9. The van der Waals surface area contributed by atoms with Crippen molar-refractivity contribution < 1.29 is 45.6 Å². The van der Waals surface area contributed by atoms with Gasteiger partial charge in [-0.15, -0.1) is 13.2 Å². The number of carbonyl (C=O) groups excluding carboxylic acids is 2. The predicted molar refractivity (Wildman–Crippen MR) is 135 cm³/mol. The molecule has 2 aromatic rings. The number of halogens is 3. The van der Waals surface area contributed by atoms with Gasteiger partial charge in [-0.1, -0.05) is 24.3 Å². The average molecular weight is 588 g/mol. The first-order valence-electron chi connectivity index (χ1n) is 12.0. The number of benzene rings is 2. The van der Waals surface area contributed by atoms with Crippen LogP contribution in [-0.4, -0.2) is 71.6 Å². The lowest BCUT2D eigenvalue weighted by atomic mass is 10.0. The van der Waals surface area contributed by atoms with Gasteiger partial charge in [0, 0.05) is 25.6 Å². The van der Waals surface area contributed by atoms with E-state index in [-0.39, 0.29) is 19.5 Å². The Morgan fingerprint density at radius 1 is 1.10 bits per heavy atom. The summed E-state index contributed by atoms with van der Waals surface area (Å²) < 4.78 is 74.5. The van der Waals surface area contributed by atoms with Crippen LogP contribution in [0.5, 0.6) is 5.75 Å². The molecule has 40 heavy (non-hydrogen) atoms. The van der Waals surface area contributed by atoms with Crippen molar-refractivity contribution in [2.45, 2.75) is 63.1 Å². The number of alkyl halides is 3. The molecule has 0 bridgehead atoms. The topological polar surface area (TPSA) is 136 Å². The third-order valence-electron chi connectivity index (χ3n) is 5.92. The van der Waals surface area contributed by atoms with Gasteiger partial charge in [0.15, 0.2) is 4.90 Å². The van der Waals surface area contributed by atoms with Gasteiger partial charge in [0.05, 0.1) is 4.92 Å². The summed E-state index contributed by atoms with van der Waals surface area (Å²) >= 11 is 0. The second-order valence-electron chi connectivity index (χ2n) is 9.99. The summed E-state index contributed by atoms with van der Waals surface area (Å²) in [6, 6.07) is 6.94. The largest absolute Gasteiger partial charge is 0.573 e. The highest BCUT2D eigenvalue weighted by Gasteiger charge is 2.45. The van der Waals surface area contributed by atoms with E-state index in [1.807, 2.05) is 0 Å². The molecule has 11 nitrogen and oxygen atoms in total. The lowest BCUT2D eigenvalue weighted by Crippen LogP contribution is -2.62. The Morgan fingerprint density at radius 2 is 1.70 bits per heavy atom. The van der Waals surface area contributed by atoms with Gasteiger partial charge in [0.1, 0.15) is 23.4 Å². The van der Waals surface area contributed by atoms with Crippen molar-refractivity contribution in [1.82, 2.24) is 9.21 Å². The number of nitrogens with zero attached hydrogens (tertiary/aromatic N) is 3. The number of carbonyl (C=O) groups is 2. The van der Waals surface area contributed by atoms with E-state index < -0.39 is 67.2 Å². The minimum absolute atomic E-state index is 0.142. The molecule has 1 heterocycles. The fourth-order valence-electron chi connectivity index (χ4n) is 4.20. The van der Waals surface area contributed by atoms with Crippen molar-refractivity contribution in [3.63, 3.8) is 0 Å². The standard InChI is InChI=1S/C25H28F3N3O8S/c1-16-22(32)29(13-14-30(16)40(36,37)21-8-6-5-7-19(21)31(34)35)20(23(33)39-24(2,3)4)15-17-9-11-18(12-10-17)38-25(26,27)28/h5-12,16,20H,13-15H2,1-4H3/t16-,20-/m0/s1. The number of piperazine rings is 1. The molecule has 218 valence electrons. The zero-order chi connectivity index (χ0) is 30.0. The number of amides is 1. The van der Waals surface area contributed by atoms with Gasteiger partial charge < -0.3 is 14.4 Å². The van der Waals surface area contributed by atoms with E-state index in [0.29, 0.717) is 5.56 Å². The molecule has 3 rings (SSSR count). The molecule has 1 saturated heterocycles. The number of para-hydroxylation sites is 1. The highest BCUT2D eigenvalue weighted by atomic mass is 32.2. The van der Waals surface area contributed by atoms with Gasteiger partial charge in [-0.2, -0.15) is 4.31 Å². The molecule has 0 spiro atoms. The van der Waals surface area contributed by atoms with Crippen molar-refractivity contribution in [3.05, 3.63) is 64.2 Å². The van der Waals surface area contributed by atoms with Crippen LogP contribution in [-0.2, 0) is 30.8 Å². The fraction of sp³-hybridized carbons (Fsp3) is 0.440. The third-order valence-corrected chi connectivity index (χ3v) is 7.94. The molecule has 1 amide bonds. The van der Waals surface area contributed by atoms with Crippen molar-refractivity contribution in [1.29, 1.82) is 0 Å². The van der Waals surface area contributed by atoms with Crippen LogP contribution >= 0.6 is 0 Å². The van der Waals surface area contributed by atoms with E-state index in [4.69, 9.17) is 4.74 Å². The molecule has 1 fully saturated rings. The summed E-state index contributed by atoms with van der Waals surface area (Å²) in [5.74, 6) is -2.01. The number of esters is 1. The van der Waals surface area contributed by atoms with E-state index in [1.54, 1.807) is 20.8 Å². The summed E-state index contributed by atoms with van der Waals surface area (Å²) in [6.45, 7) is 5.63. The molecule has 0 saturated carbocycles. The Labute approximate surface area is 228 Å². The van der Waals surface area contributed by atoms with Crippen LogP contribution in [0.4, 0.5) is 18.9 Å². The summed E-state index contributed by atoms with van der Waals surface area (Å²) in [7, 11) is -4.47. The van der Waals surface area contributed by atoms with E-state index in [9.17, 15) is 41.3 Å². The van der Waals surface area contributed by atoms with Crippen LogP contribution < -0.4 is 4.74 Å². The molecule has 0 aromatic heterocycles. The smallest absolute Gasteiger partial charge is 0.458 e. The molecule has 2 aromatic carbocycles. The summed E-state index contributed by atoms with van der Waals surface area (Å²) in [5.41, 5.74) is -1.19. The minimum atomic E-state index is -4.89. The van der Waals surface area contributed by atoms with Gasteiger partial charge >= 0.3 is 12.3 Å². The van der Waals surface area contributed by atoms with Gasteiger partial charge in [-0.3, -0.25) is 14.9 Å². The van der Waals surface area contributed by atoms with Crippen LogP contribution in [0.15, 0.2) is 53.4 Å². The van der Waals surface area contributed by atoms with Crippen molar-refractivity contribution in [3.8, 4) is 5.75 Å². The molecular weight excluding hydrogens is 559 g/mol. The monoisotopic (exact) mass is 587 g/mol. The summed E-state index contributed by atoms with van der Waals surface area (Å²) in [6.07, 6.45) is -5.03. The molecule has 0 unspecified atom stereocenters. The zero-order valence-corrected chi connectivity index (χ0v) is 22.9. The molecule has 0 N–H and O–H groups in total. The summed E-state index contributed by atoms with van der Waals surface area (Å²) in [4.78, 5) is 37.8. The number of ether oxygens (including phenoxy) is 2. The Bertz CT molecular complexity index is 1370. The molecule has 1 aliphatic rings.